The highest BCUT2D eigenvalue weighted by Crippen LogP contribution is 2.41. The molecule has 2 aliphatic carbocycles. The fourth-order valence-electron chi connectivity index (χ4n) is 6.76. The van der Waals surface area contributed by atoms with Crippen molar-refractivity contribution in [2.75, 3.05) is 19.6 Å². The lowest BCUT2D eigenvalue weighted by molar-refractivity contribution is -0.140. The van der Waals surface area contributed by atoms with Gasteiger partial charge in [-0.2, -0.15) is 0 Å². The molecule has 5 heteroatoms. The van der Waals surface area contributed by atoms with Crippen molar-refractivity contribution in [2.24, 2.45) is 11.8 Å². The average molecular weight is 460 g/mol. The van der Waals surface area contributed by atoms with Gasteiger partial charge in [-0.25, -0.2) is 0 Å². The molecular formula is C29H37N3O2. The fraction of sp³-hybridized carbons (Fsp3) is 0.621. The highest BCUT2D eigenvalue weighted by molar-refractivity contribution is 6.06. The topological polar surface area (TPSA) is 53.5 Å². The summed E-state index contributed by atoms with van der Waals surface area (Å²) in [7, 11) is 0. The predicted molar refractivity (Wildman–Crippen MR) is 134 cm³/mol. The van der Waals surface area contributed by atoms with Crippen molar-refractivity contribution < 1.29 is 9.59 Å². The maximum atomic E-state index is 13.8. The Kier molecular flexibility index (Phi) is 6.04. The van der Waals surface area contributed by atoms with Gasteiger partial charge in [0.15, 0.2) is 0 Å². The van der Waals surface area contributed by atoms with Gasteiger partial charge in [0.05, 0.1) is 11.1 Å². The molecule has 2 amide bonds. The number of aromatic nitrogens is 1. The van der Waals surface area contributed by atoms with E-state index in [1.165, 1.54) is 44.9 Å². The Bertz CT molecular complexity index is 1070. The van der Waals surface area contributed by atoms with Gasteiger partial charge in [-0.1, -0.05) is 50.3 Å². The minimum Gasteiger partial charge on any atom is -0.339 e. The Morgan fingerprint density at radius 1 is 1.00 bits per heavy atom. The maximum Gasteiger partial charge on any atom is 0.254 e. The summed E-state index contributed by atoms with van der Waals surface area (Å²) in [6.45, 7) is 2.42. The van der Waals surface area contributed by atoms with E-state index in [1.807, 2.05) is 24.3 Å². The van der Waals surface area contributed by atoms with E-state index >= 15 is 0 Å². The monoisotopic (exact) mass is 459 g/mol. The van der Waals surface area contributed by atoms with E-state index in [-0.39, 0.29) is 5.91 Å². The number of para-hydroxylation sites is 1. The quantitative estimate of drug-likeness (QED) is 0.590. The van der Waals surface area contributed by atoms with Crippen molar-refractivity contribution in [1.82, 2.24) is 14.8 Å². The average Bonchev–Trinajstić information content (AvgIpc) is 3.73. The molecule has 5 nitrogen and oxygen atoms in total. The van der Waals surface area contributed by atoms with E-state index in [0.717, 1.165) is 67.0 Å². The van der Waals surface area contributed by atoms with E-state index in [1.54, 1.807) is 0 Å². The molecule has 1 aromatic heterocycles. The Balaban J connectivity index is 1.17. The molecule has 0 unspecified atom stereocenters. The molecule has 2 aliphatic heterocycles. The first-order chi connectivity index (χ1) is 16.7. The number of benzene rings is 1. The zero-order chi connectivity index (χ0) is 23.1. The molecular weight excluding hydrogens is 422 g/mol. The Morgan fingerprint density at radius 3 is 2.65 bits per heavy atom. The van der Waals surface area contributed by atoms with Crippen LogP contribution in [0.4, 0.5) is 0 Å². The van der Waals surface area contributed by atoms with Crippen LogP contribution in [0.5, 0.6) is 0 Å². The van der Waals surface area contributed by atoms with Crippen LogP contribution in [0.2, 0.25) is 0 Å². The zero-order valence-electron chi connectivity index (χ0n) is 20.3. The first-order valence-electron chi connectivity index (χ1n) is 13.7. The lowest BCUT2D eigenvalue weighted by atomic mass is 9.82. The normalized spacial score (nSPS) is 26.1. The van der Waals surface area contributed by atoms with Gasteiger partial charge in [0.25, 0.3) is 5.91 Å². The lowest BCUT2D eigenvalue weighted by Crippen LogP contribution is -2.57. The van der Waals surface area contributed by atoms with Gasteiger partial charge in [-0.05, 0) is 56.1 Å². The lowest BCUT2D eigenvalue weighted by Gasteiger charge is -2.47. The second-order valence-electron chi connectivity index (χ2n) is 11.2. The third-order valence-electron chi connectivity index (χ3n) is 8.90. The van der Waals surface area contributed by atoms with E-state index in [2.05, 4.69) is 15.9 Å². The number of pyridine rings is 1. The molecule has 0 N–H and O–H groups in total. The van der Waals surface area contributed by atoms with Crippen molar-refractivity contribution >= 4 is 22.7 Å². The number of carbonyl (C=O) groups excluding carboxylic acids is 2. The van der Waals surface area contributed by atoms with Gasteiger partial charge < -0.3 is 9.80 Å². The number of rotatable bonds is 5. The SMILES string of the molecule is O=C(c1cc(C2CC2)nc2ccccc12)N1CC[C@H]2[C@H](CCC(=O)N2CCC2CCCCC2)C1. The molecule has 0 spiro atoms. The summed E-state index contributed by atoms with van der Waals surface area (Å²) < 4.78 is 0. The van der Waals surface area contributed by atoms with E-state index in [9.17, 15) is 9.59 Å². The minimum absolute atomic E-state index is 0.143. The first kappa shape index (κ1) is 22.1. The molecule has 4 fully saturated rings. The molecule has 0 bridgehead atoms. The summed E-state index contributed by atoms with van der Waals surface area (Å²) in [5.41, 5.74) is 2.82. The number of piperidine rings is 2. The highest BCUT2D eigenvalue weighted by atomic mass is 16.2. The maximum absolute atomic E-state index is 13.8. The molecule has 1 aromatic carbocycles. The van der Waals surface area contributed by atoms with E-state index < -0.39 is 0 Å². The highest BCUT2D eigenvalue weighted by Gasteiger charge is 2.41. The molecule has 4 aliphatic rings. The number of hydrogen-bond donors (Lipinski definition) is 0. The molecule has 34 heavy (non-hydrogen) atoms. The third kappa shape index (κ3) is 4.34. The van der Waals surface area contributed by atoms with Crippen molar-refractivity contribution in [3.63, 3.8) is 0 Å². The van der Waals surface area contributed by atoms with Crippen molar-refractivity contribution in [2.45, 2.75) is 82.6 Å². The second kappa shape index (κ2) is 9.31. The van der Waals surface area contributed by atoms with Crippen LogP contribution in [0.25, 0.3) is 10.9 Å². The zero-order valence-corrected chi connectivity index (χ0v) is 20.3. The summed E-state index contributed by atoms with van der Waals surface area (Å²) >= 11 is 0. The summed E-state index contributed by atoms with van der Waals surface area (Å²) in [6.07, 6.45) is 12.7. The van der Waals surface area contributed by atoms with Crippen LogP contribution in [0.3, 0.4) is 0 Å². The first-order valence-corrected chi connectivity index (χ1v) is 13.7. The fourth-order valence-corrected chi connectivity index (χ4v) is 6.76. The van der Waals surface area contributed by atoms with Gasteiger partial charge >= 0.3 is 0 Å². The minimum atomic E-state index is 0.143. The van der Waals surface area contributed by atoms with Crippen LogP contribution in [-0.4, -0.2) is 52.3 Å². The van der Waals surface area contributed by atoms with Crippen LogP contribution in [-0.2, 0) is 4.79 Å². The third-order valence-corrected chi connectivity index (χ3v) is 8.90. The molecule has 2 saturated carbocycles. The predicted octanol–water partition coefficient (Wildman–Crippen LogP) is 5.54. The van der Waals surface area contributed by atoms with E-state index in [0.29, 0.717) is 30.2 Å². The number of amides is 2. The second-order valence-corrected chi connectivity index (χ2v) is 11.2. The van der Waals surface area contributed by atoms with Crippen molar-refractivity contribution in [3.05, 3.63) is 41.6 Å². The number of likely N-dealkylation sites (tertiary alicyclic amines) is 2. The molecule has 180 valence electrons. The standard InChI is InChI=1S/C29H37N3O2/c33-28-13-12-22-19-31(16-15-27(22)32(28)17-14-20-6-2-1-3-7-20)29(34)24-18-26(21-10-11-21)30-25-9-5-4-8-23(24)25/h4-5,8-9,18,20-22,27H,1-3,6-7,10-17,19H2/t22-,27+/m1/s1. The summed E-state index contributed by atoms with van der Waals surface area (Å²) in [5.74, 6) is 2.20. The molecule has 6 rings (SSSR count). The van der Waals surface area contributed by atoms with Gasteiger partial charge in [0.2, 0.25) is 5.91 Å². The molecule has 0 radical (unpaired) electrons. The van der Waals surface area contributed by atoms with Gasteiger partial charge in [0, 0.05) is 49.1 Å². The Labute approximate surface area is 202 Å². The smallest absolute Gasteiger partial charge is 0.254 e. The summed E-state index contributed by atoms with van der Waals surface area (Å²) in [6, 6.07) is 10.4. The van der Waals surface area contributed by atoms with Crippen LogP contribution in [0, 0.1) is 11.8 Å². The van der Waals surface area contributed by atoms with Crippen molar-refractivity contribution in [3.8, 4) is 0 Å². The van der Waals surface area contributed by atoms with Crippen LogP contribution < -0.4 is 0 Å². The Hall–Kier alpha value is -2.43. The number of fused-ring (bicyclic) bond motifs is 2. The summed E-state index contributed by atoms with van der Waals surface area (Å²) in [5, 5.41) is 0.965. The van der Waals surface area contributed by atoms with Crippen LogP contribution in [0.15, 0.2) is 30.3 Å². The van der Waals surface area contributed by atoms with Crippen molar-refractivity contribution in [1.29, 1.82) is 0 Å². The molecule has 2 saturated heterocycles. The molecule has 2 atom stereocenters. The Morgan fingerprint density at radius 2 is 1.82 bits per heavy atom. The number of hydrogen-bond acceptors (Lipinski definition) is 3. The van der Waals surface area contributed by atoms with Crippen LogP contribution in [0.1, 0.15) is 92.6 Å². The van der Waals surface area contributed by atoms with Gasteiger partial charge in [-0.15, -0.1) is 0 Å². The summed E-state index contributed by atoms with van der Waals surface area (Å²) in [4.78, 5) is 35.8. The van der Waals surface area contributed by atoms with E-state index in [4.69, 9.17) is 4.98 Å². The van der Waals surface area contributed by atoms with Crippen LogP contribution >= 0.6 is 0 Å². The molecule has 2 aromatic rings. The largest absolute Gasteiger partial charge is 0.339 e. The van der Waals surface area contributed by atoms with Gasteiger partial charge in [-0.3, -0.25) is 14.6 Å². The number of nitrogens with zero attached hydrogens (tertiary/aromatic N) is 3. The van der Waals surface area contributed by atoms with Gasteiger partial charge in [0.1, 0.15) is 0 Å². The molecule has 3 heterocycles. The number of carbonyl (C=O) groups is 2.